The summed E-state index contributed by atoms with van der Waals surface area (Å²) >= 11 is 0. The van der Waals surface area contributed by atoms with Gasteiger partial charge in [-0.15, -0.1) is 0 Å². The van der Waals surface area contributed by atoms with Crippen LogP contribution in [0.25, 0.3) is 6.08 Å². The van der Waals surface area contributed by atoms with Gasteiger partial charge in [-0.25, -0.2) is 0 Å². The van der Waals surface area contributed by atoms with Gasteiger partial charge in [-0.2, -0.15) is 0 Å². The summed E-state index contributed by atoms with van der Waals surface area (Å²) in [4.78, 5) is 13.5. The molecule has 0 radical (unpaired) electrons. The summed E-state index contributed by atoms with van der Waals surface area (Å²) in [6.45, 7) is 2.21. The summed E-state index contributed by atoms with van der Waals surface area (Å²) < 4.78 is 17.0. The van der Waals surface area contributed by atoms with Gasteiger partial charge in [0.2, 0.25) is 6.79 Å². The first kappa shape index (κ1) is 18.5. The smallest absolute Gasteiger partial charge is 0.322 e. The zero-order valence-electron chi connectivity index (χ0n) is 16.7. The number of esters is 1. The lowest BCUT2D eigenvalue weighted by Gasteiger charge is -2.41. The average Bonchev–Trinajstić information content (AvgIpc) is 3.25. The van der Waals surface area contributed by atoms with Crippen molar-refractivity contribution in [3.63, 3.8) is 0 Å². The molecule has 3 aromatic carbocycles. The highest BCUT2D eigenvalue weighted by molar-refractivity contribution is 5.90. The molecular formula is C26H22O4. The summed E-state index contributed by atoms with van der Waals surface area (Å²) in [6.07, 6.45) is 4.80. The van der Waals surface area contributed by atoms with Gasteiger partial charge in [-0.3, -0.25) is 4.79 Å². The Morgan fingerprint density at radius 1 is 0.933 bits per heavy atom. The van der Waals surface area contributed by atoms with E-state index in [1.165, 1.54) is 0 Å². The number of ether oxygens (including phenoxy) is 3. The third-order valence-corrected chi connectivity index (χ3v) is 6.07. The Hall–Kier alpha value is -3.53. The molecule has 4 nitrogen and oxygen atoms in total. The molecule has 2 atom stereocenters. The molecular weight excluding hydrogens is 376 g/mol. The van der Waals surface area contributed by atoms with Crippen molar-refractivity contribution in [2.75, 3.05) is 6.79 Å². The molecule has 30 heavy (non-hydrogen) atoms. The molecule has 3 aromatic rings. The molecule has 2 heterocycles. The minimum Gasteiger partial charge on any atom is -0.454 e. The highest BCUT2D eigenvalue weighted by Gasteiger charge is 2.51. The maximum atomic E-state index is 13.5. The highest BCUT2D eigenvalue weighted by atomic mass is 16.7. The van der Waals surface area contributed by atoms with Crippen molar-refractivity contribution in [3.05, 3.63) is 95.6 Å². The summed E-state index contributed by atoms with van der Waals surface area (Å²) in [7, 11) is 0. The lowest BCUT2D eigenvalue weighted by molar-refractivity contribution is -0.143. The number of carbonyl (C=O) groups is 1. The minimum absolute atomic E-state index is 0.175. The van der Waals surface area contributed by atoms with Crippen molar-refractivity contribution in [1.82, 2.24) is 0 Å². The van der Waals surface area contributed by atoms with Gasteiger partial charge in [0.15, 0.2) is 11.5 Å². The Labute approximate surface area is 175 Å². The van der Waals surface area contributed by atoms with Crippen LogP contribution >= 0.6 is 0 Å². The number of hydrogen-bond donors (Lipinski definition) is 0. The Kier molecular flexibility index (Phi) is 4.55. The van der Waals surface area contributed by atoms with Gasteiger partial charge in [-0.05, 0) is 23.6 Å². The first-order chi connectivity index (χ1) is 14.7. The monoisotopic (exact) mass is 398 g/mol. The van der Waals surface area contributed by atoms with E-state index in [0.29, 0.717) is 23.7 Å². The maximum Gasteiger partial charge on any atom is 0.322 e. The lowest BCUT2D eigenvalue weighted by atomic mass is 9.64. The van der Waals surface area contributed by atoms with Crippen LogP contribution in [0.15, 0.2) is 78.9 Å². The number of hydrogen-bond acceptors (Lipinski definition) is 4. The molecule has 2 aliphatic rings. The van der Waals surface area contributed by atoms with Crippen LogP contribution < -0.4 is 14.2 Å². The fourth-order valence-corrected chi connectivity index (χ4v) is 4.49. The van der Waals surface area contributed by atoms with Crippen LogP contribution in [0.2, 0.25) is 0 Å². The summed E-state index contributed by atoms with van der Waals surface area (Å²) in [6, 6.07) is 23.7. The molecule has 0 N–H and O–H groups in total. The molecule has 0 saturated heterocycles. The lowest BCUT2D eigenvalue weighted by Crippen LogP contribution is -2.46. The summed E-state index contributed by atoms with van der Waals surface area (Å²) in [5.41, 5.74) is 2.13. The van der Waals surface area contributed by atoms with Gasteiger partial charge in [0.05, 0.1) is 0 Å². The van der Waals surface area contributed by atoms with Crippen LogP contribution in [-0.4, -0.2) is 12.8 Å². The zero-order chi connectivity index (χ0) is 20.6. The summed E-state index contributed by atoms with van der Waals surface area (Å²) in [5.74, 6) is 1.37. The first-order valence-corrected chi connectivity index (χ1v) is 10.2. The van der Waals surface area contributed by atoms with Crippen molar-refractivity contribution in [2.24, 2.45) is 0 Å². The fraction of sp³-hybridized carbons (Fsp3) is 0.192. The predicted molar refractivity (Wildman–Crippen MR) is 115 cm³/mol. The van der Waals surface area contributed by atoms with Crippen LogP contribution in [-0.2, 0) is 10.2 Å². The molecule has 150 valence electrons. The number of rotatable bonds is 4. The van der Waals surface area contributed by atoms with E-state index in [1.807, 2.05) is 73.7 Å². The highest BCUT2D eigenvalue weighted by Crippen LogP contribution is 2.53. The van der Waals surface area contributed by atoms with Gasteiger partial charge in [-0.1, -0.05) is 79.7 Å². The third kappa shape index (κ3) is 2.88. The van der Waals surface area contributed by atoms with Crippen molar-refractivity contribution < 1.29 is 19.0 Å². The van der Waals surface area contributed by atoms with Crippen molar-refractivity contribution in [2.45, 2.75) is 24.7 Å². The SMILES string of the molecule is CC[C@]1(c2ccccc2)C(=O)Oc2cc3c(cc2[C@@H]1/C=C/c1ccccc1)OCO3. The molecule has 5 rings (SSSR count). The second-order valence-electron chi connectivity index (χ2n) is 7.57. The molecule has 0 unspecified atom stereocenters. The number of allylic oxidation sites excluding steroid dienone is 1. The van der Waals surface area contributed by atoms with E-state index in [1.54, 1.807) is 6.07 Å². The Morgan fingerprint density at radius 2 is 1.60 bits per heavy atom. The third-order valence-electron chi connectivity index (χ3n) is 6.07. The predicted octanol–water partition coefficient (Wildman–Crippen LogP) is 5.48. The Balaban J connectivity index is 1.71. The summed E-state index contributed by atoms with van der Waals surface area (Å²) in [5, 5.41) is 0. The van der Waals surface area contributed by atoms with Crippen LogP contribution in [0.1, 0.15) is 36.0 Å². The first-order valence-electron chi connectivity index (χ1n) is 10.2. The largest absolute Gasteiger partial charge is 0.454 e. The van der Waals surface area contributed by atoms with E-state index in [9.17, 15) is 4.79 Å². The molecule has 4 heteroatoms. The number of benzene rings is 3. The van der Waals surface area contributed by atoms with Crippen LogP contribution in [0.5, 0.6) is 17.2 Å². The molecule has 0 amide bonds. The van der Waals surface area contributed by atoms with E-state index in [2.05, 4.69) is 12.2 Å². The Bertz CT molecular complexity index is 1100. The van der Waals surface area contributed by atoms with Crippen LogP contribution in [0.3, 0.4) is 0 Å². The molecule has 2 aliphatic heterocycles. The van der Waals surface area contributed by atoms with E-state index in [0.717, 1.165) is 16.7 Å². The molecule has 0 aliphatic carbocycles. The van der Waals surface area contributed by atoms with E-state index in [4.69, 9.17) is 14.2 Å². The second kappa shape index (κ2) is 7.38. The minimum atomic E-state index is -0.826. The van der Waals surface area contributed by atoms with E-state index >= 15 is 0 Å². The zero-order valence-corrected chi connectivity index (χ0v) is 16.7. The maximum absolute atomic E-state index is 13.5. The van der Waals surface area contributed by atoms with Crippen LogP contribution in [0, 0.1) is 0 Å². The number of carbonyl (C=O) groups excluding carboxylic acids is 1. The van der Waals surface area contributed by atoms with Crippen LogP contribution in [0.4, 0.5) is 0 Å². The second-order valence-corrected chi connectivity index (χ2v) is 7.57. The average molecular weight is 398 g/mol. The molecule has 0 aromatic heterocycles. The molecule has 0 spiro atoms. The quantitative estimate of drug-likeness (QED) is 0.431. The van der Waals surface area contributed by atoms with E-state index < -0.39 is 5.41 Å². The van der Waals surface area contributed by atoms with Gasteiger partial charge in [0.25, 0.3) is 0 Å². The van der Waals surface area contributed by atoms with E-state index in [-0.39, 0.29) is 18.7 Å². The van der Waals surface area contributed by atoms with Crippen molar-refractivity contribution in [1.29, 1.82) is 0 Å². The van der Waals surface area contributed by atoms with Gasteiger partial charge in [0.1, 0.15) is 11.2 Å². The van der Waals surface area contributed by atoms with Crippen molar-refractivity contribution >= 4 is 12.0 Å². The van der Waals surface area contributed by atoms with Gasteiger partial charge in [0, 0.05) is 17.5 Å². The van der Waals surface area contributed by atoms with Crippen molar-refractivity contribution in [3.8, 4) is 17.2 Å². The normalized spacial score (nSPS) is 22.0. The molecule has 0 saturated carbocycles. The van der Waals surface area contributed by atoms with Gasteiger partial charge < -0.3 is 14.2 Å². The standard InChI is InChI=1S/C26H22O4/c1-2-26(19-11-7-4-8-12-19)21(14-13-18-9-5-3-6-10-18)20-15-23-24(29-17-28-23)16-22(20)30-25(26)27/h3-16,21H,2,17H2,1H3/b14-13+/t21-,26+/m0/s1. The number of fused-ring (bicyclic) bond motifs is 2. The molecule has 0 bridgehead atoms. The fourth-order valence-electron chi connectivity index (χ4n) is 4.49. The Morgan fingerprint density at radius 3 is 2.30 bits per heavy atom. The van der Waals surface area contributed by atoms with Gasteiger partial charge >= 0.3 is 5.97 Å². The topological polar surface area (TPSA) is 44.8 Å². The molecule has 0 fully saturated rings.